The van der Waals surface area contributed by atoms with E-state index in [1.54, 1.807) is 67.0 Å². The zero-order chi connectivity index (χ0) is 38.6. The lowest BCUT2D eigenvalue weighted by Gasteiger charge is -2.28. The first-order valence-electron chi connectivity index (χ1n) is 15.7. The van der Waals surface area contributed by atoms with Gasteiger partial charge in [-0.25, -0.2) is 23.4 Å². The molecule has 0 bridgehead atoms. The summed E-state index contributed by atoms with van der Waals surface area (Å²) in [4.78, 5) is 35.5. The van der Waals surface area contributed by atoms with Crippen LogP contribution in [0.4, 0.5) is 15.4 Å². The van der Waals surface area contributed by atoms with Gasteiger partial charge in [0, 0.05) is 23.7 Å². The number of carbonyl (C=O) groups excluding carboxylic acids is 2. The number of aromatic nitrogens is 3. The molecule has 0 spiro atoms. The van der Waals surface area contributed by atoms with Crippen molar-refractivity contribution >= 4 is 44.9 Å². The van der Waals surface area contributed by atoms with Crippen LogP contribution in [0.2, 0.25) is 0 Å². The molecular weight excluding hydrogens is 702 g/mol. The first-order chi connectivity index (χ1) is 23.4. The third-order valence-corrected chi connectivity index (χ3v) is 8.54. The van der Waals surface area contributed by atoms with Gasteiger partial charge in [-0.15, -0.1) is 0 Å². The summed E-state index contributed by atoms with van der Waals surface area (Å²) >= 11 is 6.76. The van der Waals surface area contributed by atoms with Crippen LogP contribution in [0.25, 0.3) is 0 Å². The molecule has 3 rings (SSSR count). The minimum Gasteiger partial charge on any atom is -0.496 e. The van der Waals surface area contributed by atoms with Gasteiger partial charge in [-0.1, -0.05) is 35.9 Å². The Kier molecular flexibility index (Phi) is 12.7. The number of nitrogens with two attached hydrogens (primary N) is 2. The van der Waals surface area contributed by atoms with Crippen molar-refractivity contribution in [3.63, 3.8) is 0 Å². The zero-order valence-electron chi connectivity index (χ0n) is 30.5. The normalized spacial score (nSPS) is 13.1. The van der Waals surface area contributed by atoms with E-state index in [2.05, 4.69) is 21.7 Å². The van der Waals surface area contributed by atoms with Crippen molar-refractivity contribution in [2.24, 2.45) is 10.7 Å². The van der Waals surface area contributed by atoms with Crippen LogP contribution in [0, 0.1) is 20.8 Å². The number of nitrogens with zero attached hydrogens (tertiary/aromatic N) is 5. The first kappa shape index (κ1) is 40.9. The molecule has 0 aliphatic rings. The summed E-state index contributed by atoms with van der Waals surface area (Å²) in [6.07, 6.45) is -2.37. The maximum atomic E-state index is 13.2. The molecule has 0 saturated carbocycles. The van der Waals surface area contributed by atoms with Gasteiger partial charge in [-0.3, -0.25) is 4.98 Å². The molecule has 51 heavy (non-hydrogen) atoms. The molecule has 0 radical (unpaired) electrons. The van der Waals surface area contributed by atoms with E-state index in [1.807, 2.05) is 20.8 Å². The van der Waals surface area contributed by atoms with Crippen molar-refractivity contribution in [3.05, 3.63) is 76.5 Å². The number of hydrogen-bond acceptors (Lipinski definition) is 13. The third-order valence-electron chi connectivity index (χ3n) is 6.91. The van der Waals surface area contributed by atoms with E-state index < -0.39 is 45.6 Å². The van der Waals surface area contributed by atoms with Gasteiger partial charge >= 0.3 is 12.2 Å². The Morgan fingerprint density at radius 2 is 1.57 bits per heavy atom. The van der Waals surface area contributed by atoms with Crippen molar-refractivity contribution in [1.82, 2.24) is 19.7 Å². The summed E-state index contributed by atoms with van der Waals surface area (Å²) in [5.74, 6) is 0.134. The Morgan fingerprint density at radius 3 is 2.08 bits per heavy atom. The van der Waals surface area contributed by atoms with Gasteiger partial charge in [0.15, 0.2) is 0 Å². The molecule has 17 heteroatoms. The molecule has 2 heterocycles. The number of aliphatic imine (C=N–C) groups is 1. The second-order valence-electron chi connectivity index (χ2n) is 13.6. The highest BCUT2D eigenvalue weighted by molar-refractivity contribution is 7.86. The average Bonchev–Trinajstić information content (AvgIpc) is 3.26. The number of halogens is 1. The lowest BCUT2D eigenvalue weighted by atomic mass is 10.1. The summed E-state index contributed by atoms with van der Waals surface area (Å²) in [7, 11) is -2.73. The summed E-state index contributed by atoms with van der Waals surface area (Å²) in [5.41, 5.74) is 13.9. The number of amides is 2. The van der Waals surface area contributed by atoms with Crippen molar-refractivity contribution in [2.45, 2.75) is 97.6 Å². The second kappa shape index (κ2) is 15.8. The zero-order valence-corrected chi connectivity index (χ0v) is 32.1. The minimum atomic E-state index is -4.28. The molecule has 0 aliphatic carbocycles. The molecule has 4 N–H and O–H groups in total. The van der Waals surface area contributed by atoms with Gasteiger partial charge in [0.1, 0.15) is 40.0 Å². The number of ether oxygens (including phenoxy) is 3. The van der Waals surface area contributed by atoms with Crippen LogP contribution in [-0.4, -0.2) is 70.0 Å². The highest BCUT2D eigenvalue weighted by atomic mass is 35.5. The van der Waals surface area contributed by atoms with E-state index in [1.165, 1.54) is 16.8 Å². The fourth-order valence-corrected chi connectivity index (χ4v) is 5.93. The number of benzene rings is 1. The van der Waals surface area contributed by atoms with Crippen molar-refractivity contribution in [3.8, 4) is 5.75 Å². The highest BCUT2D eigenvalue weighted by Crippen LogP contribution is 2.28. The van der Waals surface area contributed by atoms with Crippen molar-refractivity contribution in [1.29, 1.82) is 0 Å². The topological polar surface area (TPSA) is 204 Å². The quantitative estimate of drug-likeness (QED) is 0.138. The average molecular weight is 748 g/mol. The maximum absolute atomic E-state index is 13.2. The standard InChI is InChI=1S/C34H46ClN7O8S/c1-19-12-14-23(15-13-19)51(45,46)50-26(36)16-24-27(30(37)41(40-24)18-25-21(3)28(47-11)20(2)17-38-25)29(35)39-22(4)42(31(43)48-33(5,6)7)32(44)49-34(8,9)10/h12-15,17,26H,4,16,18,36-37H2,1-3,5-11H3/b39-29+. The second-order valence-corrected chi connectivity index (χ2v) is 15.6. The molecule has 3 aromatic rings. The van der Waals surface area contributed by atoms with Crippen LogP contribution >= 0.6 is 11.6 Å². The van der Waals surface area contributed by atoms with Crippen LogP contribution in [0.15, 0.2) is 52.8 Å². The number of anilines is 1. The summed E-state index contributed by atoms with van der Waals surface area (Å²) in [6, 6.07) is 6.05. The molecule has 2 amide bonds. The number of nitrogen functional groups attached to an aromatic ring is 1. The van der Waals surface area contributed by atoms with Crippen molar-refractivity contribution < 1.29 is 36.4 Å². The molecule has 278 valence electrons. The molecule has 15 nitrogen and oxygen atoms in total. The Bertz CT molecular complexity index is 1900. The predicted octanol–water partition coefficient (Wildman–Crippen LogP) is 5.70. The molecule has 1 unspecified atom stereocenters. The molecule has 2 aromatic heterocycles. The Morgan fingerprint density at radius 1 is 1.02 bits per heavy atom. The van der Waals surface area contributed by atoms with Crippen LogP contribution in [0.3, 0.4) is 0 Å². The van der Waals surface area contributed by atoms with E-state index >= 15 is 0 Å². The summed E-state index contributed by atoms with van der Waals surface area (Å²) in [6.45, 7) is 19.0. The molecule has 1 aromatic carbocycles. The van der Waals surface area contributed by atoms with Gasteiger partial charge in [-0.05, 0) is 74.4 Å². The number of methoxy groups -OCH3 is 1. The van der Waals surface area contributed by atoms with Crippen LogP contribution in [0.5, 0.6) is 5.75 Å². The lowest BCUT2D eigenvalue weighted by molar-refractivity contribution is 0.00822. The van der Waals surface area contributed by atoms with Gasteiger partial charge in [-0.2, -0.15) is 18.4 Å². The van der Waals surface area contributed by atoms with Gasteiger partial charge in [0.2, 0.25) is 0 Å². The Hall–Kier alpha value is -4.51. The minimum absolute atomic E-state index is 0.00894. The maximum Gasteiger partial charge on any atom is 0.425 e. The molecule has 1 atom stereocenters. The highest BCUT2D eigenvalue weighted by Gasteiger charge is 2.34. The number of imide groups is 1. The van der Waals surface area contributed by atoms with Crippen LogP contribution < -0.4 is 16.2 Å². The number of carbonyl (C=O) groups is 2. The molecule has 0 saturated heterocycles. The Balaban J connectivity index is 2.11. The van der Waals surface area contributed by atoms with E-state index in [9.17, 15) is 18.0 Å². The largest absolute Gasteiger partial charge is 0.496 e. The van der Waals surface area contributed by atoms with Crippen molar-refractivity contribution in [2.75, 3.05) is 12.8 Å². The van der Waals surface area contributed by atoms with E-state index in [-0.39, 0.29) is 40.1 Å². The van der Waals surface area contributed by atoms with Gasteiger partial charge in [0.25, 0.3) is 10.1 Å². The number of aryl methyl sites for hydroxylation is 2. The number of rotatable bonds is 11. The Labute approximate surface area is 303 Å². The molecular formula is C34H46ClN7O8S. The molecule has 0 aliphatic heterocycles. The first-order valence-corrected chi connectivity index (χ1v) is 17.5. The smallest absolute Gasteiger partial charge is 0.425 e. The van der Waals surface area contributed by atoms with E-state index in [0.29, 0.717) is 16.3 Å². The predicted molar refractivity (Wildman–Crippen MR) is 193 cm³/mol. The monoisotopic (exact) mass is 747 g/mol. The van der Waals surface area contributed by atoms with E-state index in [4.69, 9.17) is 41.5 Å². The summed E-state index contributed by atoms with van der Waals surface area (Å²) < 4.78 is 49.1. The third kappa shape index (κ3) is 10.7. The lowest BCUT2D eigenvalue weighted by Crippen LogP contribution is -2.42. The number of hydrogen-bond donors (Lipinski definition) is 2. The number of pyridine rings is 1. The van der Waals surface area contributed by atoms with Gasteiger partial charge in [0.05, 0.1) is 35.5 Å². The fourth-order valence-electron chi connectivity index (χ4n) is 4.65. The van der Waals surface area contributed by atoms with Crippen LogP contribution in [0.1, 0.15) is 75.2 Å². The van der Waals surface area contributed by atoms with Crippen LogP contribution in [-0.2, 0) is 36.7 Å². The summed E-state index contributed by atoms with van der Waals surface area (Å²) in [5, 5.41) is 4.22. The van der Waals surface area contributed by atoms with Gasteiger partial charge < -0.3 is 25.7 Å². The fraction of sp³-hybridized carbons (Fsp3) is 0.441. The SMILES string of the molecule is C=C(/N=C(/Cl)c1c(CC(N)OS(=O)(=O)c2ccc(C)cc2)nn(Cc2ncc(C)c(OC)c2C)c1N)N(C(=O)OC(C)(C)C)C(=O)OC(C)(C)C. The molecule has 0 fully saturated rings. The van der Waals surface area contributed by atoms with E-state index in [0.717, 1.165) is 16.7 Å².